The molecule has 0 saturated carbocycles. The molecule has 9 heterocycles. The molecule has 0 aliphatic rings. The number of ether oxygens (including phenoxy) is 4. The van der Waals surface area contributed by atoms with Crippen LogP contribution in [0, 0.1) is 74.5 Å². The number of alkyl halides is 1. The summed E-state index contributed by atoms with van der Waals surface area (Å²) >= 11 is 16.0. The van der Waals surface area contributed by atoms with Crippen molar-refractivity contribution in [3.63, 3.8) is 0 Å². The number of carboxylic acids is 3. The van der Waals surface area contributed by atoms with Gasteiger partial charge in [-0.25, -0.2) is 4.98 Å². The molecule has 122 heavy (non-hydrogen) atoms. The van der Waals surface area contributed by atoms with Crippen LogP contribution in [0.4, 0.5) is 11.9 Å². The molecule has 38 nitrogen and oxygen atoms in total. The molecule has 9 aromatic rings. The van der Waals surface area contributed by atoms with Crippen LogP contribution in [0.5, 0.6) is 0 Å². The van der Waals surface area contributed by atoms with Crippen LogP contribution >= 0.6 is 81.6 Å². The molecule has 9 rings (SSSR count). The van der Waals surface area contributed by atoms with E-state index in [1.54, 1.807) is 96.8 Å². The van der Waals surface area contributed by atoms with Gasteiger partial charge in [-0.15, -0.1) is 61.2 Å². The number of nitriles is 1. The number of aryl methyl sites for hydroxylation is 3. The summed E-state index contributed by atoms with van der Waals surface area (Å²) < 4.78 is 19.6. The predicted molar refractivity (Wildman–Crippen MR) is 474 cm³/mol. The van der Waals surface area contributed by atoms with E-state index in [0.29, 0.717) is 103 Å². The van der Waals surface area contributed by atoms with Crippen LogP contribution in [-0.4, -0.2) is 193 Å². The number of hydrogen-bond acceptors (Lipinski definition) is 36. The van der Waals surface area contributed by atoms with Crippen molar-refractivity contribution < 1.29 is 82.6 Å². The van der Waals surface area contributed by atoms with Crippen molar-refractivity contribution in [2.24, 2.45) is 52.7 Å². The Morgan fingerprint density at radius 2 is 0.820 bits per heavy atom. The molecule has 0 saturated heterocycles. The van der Waals surface area contributed by atoms with Gasteiger partial charge in [0, 0.05) is 128 Å². The van der Waals surface area contributed by atoms with Crippen molar-refractivity contribution in [1.82, 2.24) is 91.1 Å². The second-order valence-corrected chi connectivity index (χ2v) is 27.9. The fraction of sp³-hybridized carbons (Fsp3) is 0.423. The Balaban J connectivity index is 0. The summed E-state index contributed by atoms with van der Waals surface area (Å²) in [5, 5.41) is 87.2. The molecule has 7 atom stereocenters. The van der Waals surface area contributed by atoms with Crippen LogP contribution in [0.1, 0.15) is 129 Å². The van der Waals surface area contributed by atoms with Gasteiger partial charge < -0.3 is 69.0 Å². The Hall–Kier alpha value is -9.82. The van der Waals surface area contributed by atoms with Crippen molar-refractivity contribution in [2.75, 3.05) is 49.8 Å². The maximum atomic E-state index is 11.2. The fourth-order valence-electron chi connectivity index (χ4n) is 7.91. The zero-order valence-corrected chi connectivity index (χ0v) is 81.3. The van der Waals surface area contributed by atoms with E-state index < -0.39 is 35.8 Å². The van der Waals surface area contributed by atoms with E-state index in [1.807, 2.05) is 95.5 Å². The number of hydrogen-bond donors (Lipinski definition) is 8. The van der Waals surface area contributed by atoms with Gasteiger partial charge in [-0.2, -0.15) is 5.26 Å². The second kappa shape index (κ2) is 68.7. The Labute approximate surface area is 762 Å². The molecule has 0 aliphatic carbocycles. The average molecular weight is 2070 g/mol. The molecule has 0 amide bonds. The zero-order valence-electron chi connectivity index (χ0n) is 70.9. The third-order valence-electron chi connectivity index (χ3n) is 14.8. The standard InChI is InChI=1S/C13H16N6O2.C12H15N7O2.C11H16N2O2.C10H12ClNO2.C10H14N2O2.C6H3BrN2.C5H9IO2.C5H9O2.C4H6N4S.C2H6.HI.Zn/c1-8(12(20)21)5-11-4-3-10(6-14-11)7-15-13-18-16-9(2)17-19-13;1-7-16-18-12(19-17-7)15-6-8-2-3-9(14-5-8)4-10(13)11(20)21;1-8(11(14)15-2)5-10-4-3-9(6-12)7-13-10;1-7(10(13)14-2)5-9-4-3-8(11)6-12-9;1-7(10(13)14)4-9-3-2-8(5-11)6-12-9;7-6-2-1-5(3-8)4-9-6;1-4(3-6)5(7)8-2;1-4(2)5(6)7-3;1-3-5-7-4(9-2)8-6-3;1-2;;/h3-4,6,8H,5,7H2,1-2H3,(H,20,21)(H,15,18,19);2-3,5,10H,4,6,13H2,1H3,(H,20,21)(H,15,18,19);3-4,7-8H,5-6,12H2,1-2H3;3-4,6-7H,5H2,1-2H3;2-3,6-7H,4-5,11H2,1H3,(H,13,14);1-2,4H;4H,3H2,1-2H3;4H,1H2,2-3H3;1-2H3;1-2H3;1H;/q;;;;;;;-1;;;;+2/p-1/t8-;10-;8-;2*7-;;2*4-;;;;/m00000.01..../s1. The van der Waals surface area contributed by atoms with E-state index in [-0.39, 0.29) is 54.0 Å². The van der Waals surface area contributed by atoms with Crippen LogP contribution in [0.3, 0.4) is 0 Å². The van der Waals surface area contributed by atoms with Gasteiger partial charge in [0.2, 0.25) is 5.16 Å². The van der Waals surface area contributed by atoms with Crippen molar-refractivity contribution >= 4 is 135 Å². The molecular formula is C78H106BrClI2N24O14SZn. The first-order valence-electron chi connectivity index (χ1n) is 36.9. The number of thioether (sulfide) groups is 1. The maximum absolute atomic E-state index is 11.2. The minimum absolute atomic E-state index is 0.0422. The summed E-state index contributed by atoms with van der Waals surface area (Å²) in [6, 6.07) is 22.8. The number of methoxy groups -OCH3 is 4. The first kappa shape index (κ1) is 114. The van der Waals surface area contributed by atoms with Crippen molar-refractivity contribution in [1.29, 1.82) is 5.26 Å². The third-order valence-corrected chi connectivity index (χ3v) is 17.3. The Morgan fingerprint density at radius 3 is 1.07 bits per heavy atom. The number of carbonyl (C=O) groups is 7. The van der Waals surface area contributed by atoms with Gasteiger partial charge in [-0.05, 0) is 114 Å². The number of aromatic nitrogens is 18. The van der Waals surface area contributed by atoms with Crippen LogP contribution < -0.4 is 27.8 Å². The number of carboxylic acid groups (broad SMARTS) is 3. The number of nitrogens with one attached hydrogen (secondary N) is 2. The van der Waals surface area contributed by atoms with Gasteiger partial charge in [-0.3, -0.25) is 58.5 Å². The van der Waals surface area contributed by atoms with Crippen molar-refractivity contribution in [2.45, 2.75) is 146 Å². The van der Waals surface area contributed by atoms with E-state index in [4.69, 9.17) is 49.4 Å². The SMILES string of the molecule is CC.COC(=O)[C@@H](C)CI.COC(=O)[C@@H](C)Cc1ccc(CN)cn1.COC(=O)[C@@H](C)Cc1ccc(Cl)cn1.CSc1nnc(C)nn1.C[C@@H](Cc1ccc(CN)cn1)C(=O)O.Cc1nnc(NCc2ccc(C[C@H](C)C(=O)O)nc2)nn1.Cc1nnc(NCc2ccc(C[C@H](N)C(=O)O)nc2)nn1.N#Cc1ccc(Br)nc1.[CH2-][C@H](C)C(=O)OC.[Zn+][I]. The number of nitrogens with zero attached hydrogens (tertiary/aromatic N) is 19. The van der Waals surface area contributed by atoms with E-state index in [0.717, 1.165) is 54.1 Å². The van der Waals surface area contributed by atoms with Crippen LogP contribution in [0.25, 0.3) is 0 Å². The molecule has 658 valence electrons. The topological polar surface area (TPSA) is 575 Å². The van der Waals surface area contributed by atoms with Crippen molar-refractivity contribution in [3.05, 3.63) is 200 Å². The number of carbonyl (C=O) groups excluding carboxylic acids is 4. The zero-order chi connectivity index (χ0) is 92.7. The molecular weight excluding hydrogens is 1960 g/mol. The normalized spacial score (nSPS) is 11.5. The summed E-state index contributed by atoms with van der Waals surface area (Å²) in [5.74, 6) is -2.56. The summed E-state index contributed by atoms with van der Waals surface area (Å²) in [6.45, 7) is 25.0. The Bertz CT molecular complexity index is 4330. The Morgan fingerprint density at radius 1 is 0.492 bits per heavy atom. The first-order valence-corrected chi connectivity index (χ1v) is 49.9. The van der Waals surface area contributed by atoms with E-state index in [9.17, 15) is 33.6 Å². The Kier molecular flexibility index (Phi) is 64.3. The van der Waals surface area contributed by atoms with E-state index in [2.05, 4.69) is 186 Å². The van der Waals surface area contributed by atoms with E-state index >= 15 is 0 Å². The second-order valence-electron chi connectivity index (χ2n) is 25.0. The minimum atomic E-state index is -1.04. The number of nitrogens with two attached hydrogens (primary N) is 3. The summed E-state index contributed by atoms with van der Waals surface area (Å²) in [7, 11) is 5.53. The molecule has 0 unspecified atom stereocenters. The predicted octanol–water partition coefficient (Wildman–Crippen LogP) is 9.95. The number of pyridine rings is 6. The quantitative estimate of drug-likeness (QED) is 0.00347. The number of rotatable bonds is 27. The molecule has 0 radical (unpaired) electrons. The van der Waals surface area contributed by atoms with Gasteiger partial charge in [-0.1, -0.05) is 132 Å². The molecule has 0 aromatic carbocycles. The van der Waals surface area contributed by atoms with E-state index in [1.165, 1.54) is 61.2 Å². The molecule has 9 aromatic heterocycles. The number of esters is 4. The van der Waals surface area contributed by atoms with Crippen LogP contribution in [0.2, 0.25) is 5.02 Å². The first-order chi connectivity index (χ1) is 58.1. The molecule has 0 spiro atoms. The monoisotopic (exact) mass is 2070 g/mol. The number of halogens is 4. The molecule has 0 fully saturated rings. The van der Waals surface area contributed by atoms with Gasteiger partial charge in [0.15, 0.2) is 17.5 Å². The fourth-order valence-corrected chi connectivity index (χ4v) is 8.87. The van der Waals surface area contributed by atoms with Gasteiger partial charge in [0.1, 0.15) is 16.7 Å². The summed E-state index contributed by atoms with van der Waals surface area (Å²) in [4.78, 5) is 99.8. The van der Waals surface area contributed by atoms with Gasteiger partial charge in [0.05, 0.1) is 68.6 Å². The number of aliphatic carboxylic acids is 3. The van der Waals surface area contributed by atoms with Gasteiger partial charge >= 0.3 is 70.4 Å². The third kappa shape index (κ3) is 53.8. The molecule has 44 heteroatoms. The van der Waals surface area contributed by atoms with Crippen LogP contribution in [0.15, 0.2) is 120 Å². The summed E-state index contributed by atoms with van der Waals surface area (Å²) in [5.41, 5.74) is 24.6. The van der Waals surface area contributed by atoms with Crippen LogP contribution in [-0.2, 0) is 126 Å². The molecule has 0 bridgehead atoms. The molecule has 0 aliphatic heterocycles. The number of anilines is 2. The average Bonchev–Trinajstić information content (AvgIpc) is 0.932. The summed E-state index contributed by atoms with van der Waals surface area (Å²) in [6.07, 6.45) is 14.0. The molecule has 11 N–H and O–H groups in total. The van der Waals surface area contributed by atoms with Crippen molar-refractivity contribution in [3.8, 4) is 6.07 Å². The van der Waals surface area contributed by atoms with Gasteiger partial charge in [0.25, 0.3) is 17.9 Å².